The first-order valence-corrected chi connectivity index (χ1v) is 8.51. The molecule has 0 saturated heterocycles. The molecule has 1 aliphatic heterocycles. The SMILES string of the molecule is O=S(=O)(Cl)c1cn(CC2OCCc3ccccc32)cn1. The van der Waals surface area contributed by atoms with Crippen LogP contribution in [0.4, 0.5) is 0 Å². The third kappa shape index (κ3) is 2.72. The van der Waals surface area contributed by atoms with Crippen LogP contribution in [-0.2, 0) is 26.8 Å². The largest absolute Gasteiger partial charge is 0.371 e. The molecule has 0 aliphatic carbocycles. The van der Waals surface area contributed by atoms with Gasteiger partial charge in [0.15, 0.2) is 5.03 Å². The molecule has 0 spiro atoms. The second-order valence-electron chi connectivity index (χ2n) is 4.65. The molecule has 20 heavy (non-hydrogen) atoms. The second-order valence-corrected chi connectivity index (χ2v) is 7.17. The average molecular weight is 313 g/mol. The van der Waals surface area contributed by atoms with Gasteiger partial charge in [0.05, 0.1) is 19.5 Å². The third-order valence-corrected chi connectivity index (χ3v) is 4.51. The van der Waals surface area contributed by atoms with E-state index in [9.17, 15) is 8.42 Å². The second kappa shape index (κ2) is 5.20. The number of rotatable bonds is 3. The molecular weight excluding hydrogens is 300 g/mol. The van der Waals surface area contributed by atoms with Crippen molar-refractivity contribution in [3.63, 3.8) is 0 Å². The molecule has 5 nitrogen and oxygen atoms in total. The predicted octanol–water partition coefficient (Wildman–Crippen LogP) is 2.12. The minimum Gasteiger partial charge on any atom is -0.371 e. The summed E-state index contributed by atoms with van der Waals surface area (Å²) in [6.07, 6.45) is 3.68. The third-order valence-electron chi connectivity index (χ3n) is 3.33. The Hall–Kier alpha value is -1.37. The zero-order valence-electron chi connectivity index (χ0n) is 10.6. The van der Waals surface area contributed by atoms with Gasteiger partial charge in [-0.1, -0.05) is 24.3 Å². The summed E-state index contributed by atoms with van der Waals surface area (Å²) in [5.74, 6) is 0. The first kappa shape index (κ1) is 13.6. The molecule has 0 N–H and O–H groups in total. The van der Waals surface area contributed by atoms with E-state index in [-0.39, 0.29) is 11.1 Å². The number of hydrogen-bond acceptors (Lipinski definition) is 4. The highest BCUT2D eigenvalue weighted by molar-refractivity contribution is 8.13. The van der Waals surface area contributed by atoms with Gasteiger partial charge in [0.25, 0.3) is 9.05 Å². The first-order valence-electron chi connectivity index (χ1n) is 6.20. The van der Waals surface area contributed by atoms with E-state index in [2.05, 4.69) is 11.1 Å². The van der Waals surface area contributed by atoms with Gasteiger partial charge in [-0.25, -0.2) is 13.4 Å². The Kier molecular flexibility index (Phi) is 3.54. The van der Waals surface area contributed by atoms with Crippen LogP contribution in [0.15, 0.2) is 41.8 Å². The van der Waals surface area contributed by atoms with Crippen LogP contribution in [0.5, 0.6) is 0 Å². The van der Waals surface area contributed by atoms with Crippen LogP contribution in [0.2, 0.25) is 0 Å². The highest BCUT2D eigenvalue weighted by Gasteiger charge is 2.22. The number of ether oxygens (including phenoxy) is 1. The summed E-state index contributed by atoms with van der Waals surface area (Å²) in [5, 5.41) is -0.136. The summed E-state index contributed by atoms with van der Waals surface area (Å²) >= 11 is 0. The Bertz CT molecular complexity index is 727. The van der Waals surface area contributed by atoms with E-state index < -0.39 is 9.05 Å². The quantitative estimate of drug-likeness (QED) is 0.815. The Labute approximate surface area is 121 Å². The molecule has 1 aromatic heterocycles. The molecule has 2 heterocycles. The van der Waals surface area contributed by atoms with Gasteiger partial charge in [-0.2, -0.15) is 0 Å². The zero-order chi connectivity index (χ0) is 14.2. The number of aromatic nitrogens is 2. The smallest absolute Gasteiger partial charge is 0.280 e. The van der Waals surface area contributed by atoms with Gasteiger partial charge in [-0.15, -0.1) is 0 Å². The van der Waals surface area contributed by atoms with Crippen molar-refractivity contribution in [3.8, 4) is 0 Å². The summed E-state index contributed by atoms with van der Waals surface area (Å²) in [7, 11) is 1.48. The Morgan fingerprint density at radius 1 is 1.40 bits per heavy atom. The lowest BCUT2D eigenvalue weighted by molar-refractivity contribution is 0.0305. The Balaban J connectivity index is 1.84. The highest BCUT2D eigenvalue weighted by Crippen LogP contribution is 2.28. The maximum Gasteiger partial charge on any atom is 0.280 e. The Morgan fingerprint density at radius 2 is 2.20 bits per heavy atom. The fourth-order valence-corrected chi connectivity index (χ4v) is 3.06. The summed E-state index contributed by atoms with van der Waals surface area (Å²) in [5.41, 5.74) is 2.41. The lowest BCUT2D eigenvalue weighted by Crippen LogP contribution is -2.20. The topological polar surface area (TPSA) is 61.2 Å². The molecule has 1 atom stereocenters. The number of benzene rings is 1. The van der Waals surface area contributed by atoms with Crippen molar-refractivity contribution in [1.29, 1.82) is 0 Å². The minimum absolute atomic E-state index is 0.0972. The van der Waals surface area contributed by atoms with Crippen LogP contribution in [0.1, 0.15) is 17.2 Å². The molecule has 3 rings (SSSR count). The number of fused-ring (bicyclic) bond motifs is 1. The van der Waals surface area contributed by atoms with E-state index in [1.165, 1.54) is 18.1 Å². The van der Waals surface area contributed by atoms with Crippen molar-refractivity contribution in [2.45, 2.75) is 24.1 Å². The van der Waals surface area contributed by atoms with E-state index in [1.54, 1.807) is 4.57 Å². The molecular formula is C13H13ClN2O3S. The highest BCUT2D eigenvalue weighted by atomic mass is 35.7. The summed E-state index contributed by atoms with van der Waals surface area (Å²) in [6, 6.07) is 8.11. The van der Waals surface area contributed by atoms with Crippen molar-refractivity contribution in [3.05, 3.63) is 47.9 Å². The molecule has 2 aromatic rings. The standard InChI is InChI=1S/C13H13ClN2O3S/c14-20(17,18)13-8-16(9-15-13)7-12-11-4-2-1-3-10(11)5-6-19-12/h1-4,8-9,12H,5-7H2. The van der Waals surface area contributed by atoms with Crippen molar-refractivity contribution in [2.24, 2.45) is 0 Å². The van der Waals surface area contributed by atoms with Crippen molar-refractivity contribution < 1.29 is 13.2 Å². The van der Waals surface area contributed by atoms with Gasteiger partial charge in [0, 0.05) is 16.9 Å². The lowest BCUT2D eigenvalue weighted by atomic mass is 9.97. The van der Waals surface area contributed by atoms with Crippen LogP contribution < -0.4 is 0 Å². The summed E-state index contributed by atoms with van der Waals surface area (Å²) in [4.78, 5) is 3.80. The molecule has 1 aliphatic rings. The van der Waals surface area contributed by atoms with Crippen molar-refractivity contribution in [1.82, 2.24) is 9.55 Å². The van der Waals surface area contributed by atoms with Gasteiger partial charge in [-0.3, -0.25) is 0 Å². The molecule has 0 saturated carbocycles. The molecule has 1 aromatic carbocycles. The fraction of sp³-hybridized carbons (Fsp3) is 0.308. The van der Waals surface area contributed by atoms with Crippen LogP contribution in [0.3, 0.4) is 0 Å². The first-order chi connectivity index (χ1) is 9.54. The minimum atomic E-state index is -3.78. The molecule has 0 amide bonds. The van der Waals surface area contributed by atoms with Crippen molar-refractivity contribution in [2.75, 3.05) is 6.61 Å². The van der Waals surface area contributed by atoms with E-state index in [4.69, 9.17) is 15.4 Å². The molecule has 106 valence electrons. The monoisotopic (exact) mass is 312 g/mol. The molecule has 0 radical (unpaired) electrons. The maximum atomic E-state index is 11.2. The van der Waals surface area contributed by atoms with Crippen molar-refractivity contribution >= 4 is 19.7 Å². The summed E-state index contributed by atoms with van der Waals surface area (Å²) < 4.78 is 29.8. The van der Waals surface area contributed by atoms with Gasteiger partial charge in [0.1, 0.15) is 6.10 Å². The van der Waals surface area contributed by atoms with E-state index in [1.807, 2.05) is 18.2 Å². The van der Waals surface area contributed by atoms with E-state index >= 15 is 0 Å². The average Bonchev–Trinajstić information content (AvgIpc) is 2.88. The molecule has 0 fully saturated rings. The van der Waals surface area contributed by atoms with E-state index in [0.29, 0.717) is 13.2 Å². The maximum absolute atomic E-state index is 11.2. The van der Waals surface area contributed by atoms with Gasteiger partial charge >= 0.3 is 0 Å². The van der Waals surface area contributed by atoms with Crippen LogP contribution in [-0.4, -0.2) is 24.6 Å². The normalized spacial score (nSPS) is 18.8. The summed E-state index contributed by atoms with van der Waals surface area (Å²) in [6.45, 7) is 1.17. The molecule has 1 unspecified atom stereocenters. The van der Waals surface area contributed by atoms with E-state index in [0.717, 1.165) is 12.0 Å². The Morgan fingerprint density at radius 3 is 2.95 bits per heavy atom. The van der Waals surface area contributed by atoms with Gasteiger partial charge in [-0.05, 0) is 17.5 Å². The zero-order valence-corrected chi connectivity index (χ0v) is 12.1. The van der Waals surface area contributed by atoms with Gasteiger partial charge < -0.3 is 9.30 Å². The predicted molar refractivity (Wildman–Crippen MR) is 74.1 cm³/mol. The molecule has 0 bridgehead atoms. The van der Waals surface area contributed by atoms with Crippen LogP contribution in [0.25, 0.3) is 0 Å². The van der Waals surface area contributed by atoms with Crippen LogP contribution >= 0.6 is 10.7 Å². The number of imidazole rings is 1. The molecule has 7 heteroatoms. The van der Waals surface area contributed by atoms with Crippen LogP contribution in [0, 0.1) is 0 Å². The number of hydrogen-bond donors (Lipinski definition) is 0. The fourth-order valence-electron chi connectivity index (χ4n) is 2.38. The number of halogens is 1. The van der Waals surface area contributed by atoms with Gasteiger partial charge in [0.2, 0.25) is 0 Å². The lowest BCUT2D eigenvalue weighted by Gasteiger charge is -2.26. The number of nitrogens with zero attached hydrogens (tertiary/aromatic N) is 2.